The van der Waals surface area contributed by atoms with Gasteiger partial charge in [-0.3, -0.25) is 4.79 Å². The lowest BCUT2D eigenvalue weighted by Gasteiger charge is -2.06. The van der Waals surface area contributed by atoms with Crippen LogP contribution in [0.5, 0.6) is 0 Å². The van der Waals surface area contributed by atoms with Crippen LogP contribution in [-0.2, 0) is 9.53 Å². The first-order valence-corrected chi connectivity index (χ1v) is 10.7. The number of thioether (sulfide) groups is 1. The van der Waals surface area contributed by atoms with E-state index in [0.717, 1.165) is 24.6 Å². The first kappa shape index (κ1) is 21.9. The number of carbonyl (C=O) groups is 2. The Hall–Kier alpha value is -2.84. The summed E-state index contributed by atoms with van der Waals surface area (Å²) in [7, 11) is 0. The smallest absolute Gasteiger partial charge is 0.338 e. The van der Waals surface area contributed by atoms with Gasteiger partial charge in [-0.25, -0.2) is 4.79 Å². The van der Waals surface area contributed by atoms with Gasteiger partial charge in [0.2, 0.25) is 11.8 Å². The van der Waals surface area contributed by atoms with Crippen LogP contribution in [0, 0.1) is 0 Å². The minimum atomic E-state index is -0.373. The number of hydrogen-bond acceptors (Lipinski definition) is 7. The SMILES string of the molecule is CCCCOC(=O)c1ccc(NC(=O)CSc2nnc(-c3ccccc3Cl)o2)cc1. The maximum Gasteiger partial charge on any atom is 0.338 e. The van der Waals surface area contributed by atoms with E-state index >= 15 is 0 Å². The Morgan fingerprint density at radius 3 is 2.63 bits per heavy atom. The molecule has 7 nitrogen and oxygen atoms in total. The van der Waals surface area contributed by atoms with Crippen LogP contribution in [0.1, 0.15) is 30.1 Å². The molecule has 9 heteroatoms. The van der Waals surface area contributed by atoms with E-state index in [4.69, 9.17) is 20.8 Å². The molecule has 3 rings (SSSR count). The van der Waals surface area contributed by atoms with Gasteiger partial charge in [-0.2, -0.15) is 0 Å². The van der Waals surface area contributed by atoms with E-state index in [2.05, 4.69) is 15.5 Å². The second-order valence-electron chi connectivity index (χ2n) is 6.26. The molecule has 0 aliphatic rings. The van der Waals surface area contributed by atoms with E-state index in [0.29, 0.717) is 34.3 Å². The highest BCUT2D eigenvalue weighted by molar-refractivity contribution is 7.99. The van der Waals surface area contributed by atoms with Crippen molar-refractivity contribution in [3.05, 3.63) is 59.1 Å². The lowest BCUT2D eigenvalue weighted by molar-refractivity contribution is -0.113. The van der Waals surface area contributed by atoms with Crippen LogP contribution in [-0.4, -0.2) is 34.4 Å². The second kappa shape index (κ2) is 10.8. The van der Waals surface area contributed by atoms with E-state index in [-0.39, 0.29) is 22.9 Å². The molecule has 3 aromatic rings. The number of anilines is 1. The zero-order valence-corrected chi connectivity index (χ0v) is 17.8. The number of nitrogens with zero attached hydrogens (tertiary/aromatic N) is 2. The molecular weight excluding hydrogens is 426 g/mol. The van der Waals surface area contributed by atoms with Gasteiger partial charge in [0.05, 0.1) is 28.5 Å². The molecule has 1 heterocycles. The normalized spacial score (nSPS) is 10.6. The van der Waals surface area contributed by atoms with Gasteiger partial charge in [-0.05, 0) is 42.8 Å². The van der Waals surface area contributed by atoms with E-state index in [1.54, 1.807) is 36.4 Å². The number of rotatable bonds is 9. The van der Waals surface area contributed by atoms with Crippen molar-refractivity contribution < 1.29 is 18.7 Å². The van der Waals surface area contributed by atoms with Crippen molar-refractivity contribution in [1.29, 1.82) is 0 Å². The molecule has 0 fully saturated rings. The minimum Gasteiger partial charge on any atom is -0.462 e. The molecule has 0 bridgehead atoms. The molecule has 0 spiro atoms. The van der Waals surface area contributed by atoms with Crippen LogP contribution < -0.4 is 5.32 Å². The number of unbranched alkanes of at least 4 members (excludes halogenated alkanes) is 1. The number of aromatic nitrogens is 2. The summed E-state index contributed by atoms with van der Waals surface area (Å²) in [4.78, 5) is 24.1. The quantitative estimate of drug-likeness (QED) is 0.279. The van der Waals surface area contributed by atoms with E-state index in [1.165, 1.54) is 0 Å². The molecule has 0 atom stereocenters. The molecule has 30 heavy (non-hydrogen) atoms. The highest BCUT2D eigenvalue weighted by Gasteiger charge is 2.14. The number of esters is 1. The molecule has 1 aromatic heterocycles. The van der Waals surface area contributed by atoms with Gasteiger partial charge < -0.3 is 14.5 Å². The zero-order valence-electron chi connectivity index (χ0n) is 16.3. The Balaban J connectivity index is 1.49. The van der Waals surface area contributed by atoms with Gasteiger partial charge in [-0.15, -0.1) is 10.2 Å². The van der Waals surface area contributed by atoms with E-state index in [9.17, 15) is 9.59 Å². The van der Waals surface area contributed by atoms with Gasteiger partial charge in [0, 0.05) is 5.69 Å². The molecule has 0 saturated carbocycles. The molecular formula is C21H20ClN3O4S. The van der Waals surface area contributed by atoms with Crippen LogP contribution in [0.25, 0.3) is 11.5 Å². The molecule has 1 amide bonds. The third kappa shape index (κ3) is 6.08. The Morgan fingerprint density at radius 2 is 1.90 bits per heavy atom. The summed E-state index contributed by atoms with van der Waals surface area (Å²) in [6, 6.07) is 13.7. The van der Waals surface area contributed by atoms with Crippen molar-refractivity contribution in [2.24, 2.45) is 0 Å². The van der Waals surface area contributed by atoms with Gasteiger partial charge in [-0.1, -0.05) is 48.8 Å². The molecule has 156 valence electrons. The van der Waals surface area contributed by atoms with Gasteiger partial charge in [0.25, 0.3) is 5.22 Å². The molecule has 1 N–H and O–H groups in total. The Morgan fingerprint density at radius 1 is 1.13 bits per heavy atom. The minimum absolute atomic E-state index is 0.0883. The molecule has 0 unspecified atom stereocenters. The van der Waals surface area contributed by atoms with Crippen LogP contribution in [0.15, 0.2) is 58.2 Å². The fourth-order valence-electron chi connectivity index (χ4n) is 2.42. The van der Waals surface area contributed by atoms with Crippen molar-refractivity contribution >= 4 is 40.9 Å². The third-order valence-corrected chi connectivity index (χ3v) is 5.12. The van der Waals surface area contributed by atoms with Crippen LogP contribution in [0.2, 0.25) is 5.02 Å². The molecule has 0 aliphatic heterocycles. The second-order valence-corrected chi connectivity index (χ2v) is 7.59. The summed E-state index contributed by atoms with van der Waals surface area (Å²) in [5.41, 5.74) is 1.65. The van der Waals surface area contributed by atoms with Crippen molar-refractivity contribution in [3.63, 3.8) is 0 Å². The van der Waals surface area contributed by atoms with Crippen molar-refractivity contribution in [2.75, 3.05) is 17.7 Å². The average Bonchev–Trinajstić information content (AvgIpc) is 3.22. The fraction of sp³-hybridized carbons (Fsp3) is 0.238. The zero-order chi connectivity index (χ0) is 21.3. The average molecular weight is 446 g/mol. The standard InChI is InChI=1S/C21H20ClN3O4S/c1-2-3-12-28-20(27)14-8-10-15(11-9-14)23-18(26)13-30-21-25-24-19(29-21)16-6-4-5-7-17(16)22/h4-11H,2-3,12-13H2,1H3,(H,23,26). The summed E-state index contributed by atoms with van der Waals surface area (Å²) in [6.07, 6.45) is 1.79. The van der Waals surface area contributed by atoms with E-state index < -0.39 is 0 Å². The van der Waals surface area contributed by atoms with Crippen molar-refractivity contribution in [1.82, 2.24) is 10.2 Å². The van der Waals surface area contributed by atoms with Gasteiger partial charge >= 0.3 is 5.97 Å². The Bertz CT molecular complexity index is 1010. The first-order chi connectivity index (χ1) is 14.6. The maximum atomic E-state index is 12.2. The number of benzene rings is 2. The summed E-state index contributed by atoms with van der Waals surface area (Å²) in [6.45, 7) is 2.43. The maximum absolute atomic E-state index is 12.2. The van der Waals surface area contributed by atoms with Crippen LogP contribution in [0.4, 0.5) is 5.69 Å². The monoisotopic (exact) mass is 445 g/mol. The molecule has 2 aromatic carbocycles. The highest BCUT2D eigenvalue weighted by atomic mass is 35.5. The van der Waals surface area contributed by atoms with Crippen LogP contribution in [0.3, 0.4) is 0 Å². The number of nitrogens with one attached hydrogen (secondary N) is 1. The highest BCUT2D eigenvalue weighted by Crippen LogP contribution is 2.28. The molecule has 0 radical (unpaired) electrons. The predicted molar refractivity (Wildman–Crippen MR) is 116 cm³/mol. The first-order valence-electron chi connectivity index (χ1n) is 9.35. The molecule has 0 aliphatic carbocycles. The Labute approximate surface area is 183 Å². The van der Waals surface area contributed by atoms with Crippen LogP contribution >= 0.6 is 23.4 Å². The summed E-state index contributed by atoms with van der Waals surface area (Å²) < 4.78 is 10.7. The number of amides is 1. The lowest BCUT2D eigenvalue weighted by Crippen LogP contribution is -2.14. The number of halogens is 1. The topological polar surface area (TPSA) is 94.3 Å². The fourth-order valence-corrected chi connectivity index (χ4v) is 3.20. The summed E-state index contributed by atoms with van der Waals surface area (Å²) in [5.74, 6) is -0.228. The van der Waals surface area contributed by atoms with Crippen molar-refractivity contribution in [3.8, 4) is 11.5 Å². The van der Waals surface area contributed by atoms with E-state index in [1.807, 2.05) is 19.1 Å². The third-order valence-electron chi connectivity index (χ3n) is 3.97. The largest absolute Gasteiger partial charge is 0.462 e. The lowest BCUT2D eigenvalue weighted by atomic mass is 10.2. The van der Waals surface area contributed by atoms with Crippen molar-refractivity contribution in [2.45, 2.75) is 25.0 Å². The van der Waals surface area contributed by atoms with Gasteiger partial charge in [0.1, 0.15) is 0 Å². The molecule has 0 saturated heterocycles. The summed E-state index contributed by atoms with van der Waals surface area (Å²) >= 11 is 7.24. The predicted octanol–water partition coefficient (Wildman–Crippen LogP) is 5.08. The number of ether oxygens (including phenoxy) is 1. The summed E-state index contributed by atoms with van der Waals surface area (Å²) in [5, 5.41) is 11.4. The van der Waals surface area contributed by atoms with Gasteiger partial charge in [0.15, 0.2) is 0 Å². The number of carbonyl (C=O) groups excluding carboxylic acids is 2. The number of hydrogen-bond donors (Lipinski definition) is 1. The Kier molecular flexibility index (Phi) is 7.87.